The summed E-state index contributed by atoms with van der Waals surface area (Å²) in [6.07, 6.45) is 1.77. The summed E-state index contributed by atoms with van der Waals surface area (Å²) < 4.78 is 18.5. The summed E-state index contributed by atoms with van der Waals surface area (Å²) in [4.78, 5) is 24.3. The third-order valence-corrected chi connectivity index (χ3v) is 4.13. The third-order valence-electron chi connectivity index (χ3n) is 4.13. The molecular weight excluding hydrogens is 349 g/mol. The summed E-state index contributed by atoms with van der Waals surface area (Å²) in [6, 6.07) is 14.3. The van der Waals surface area contributed by atoms with Crippen molar-refractivity contribution in [2.45, 2.75) is 6.42 Å². The summed E-state index contributed by atoms with van der Waals surface area (Å²) in [6.45, 7) is 0. The molecule has 27 heavy (non-hydrogen) atoms. The Morgan fingerprint density at radius 2 is 2.00 bits per heavy atom. The van der Waals surface area contributed by atoms with Crippen LogP contribution in [0, 0.1) is 5.82 Å². The molecule has 0 aliphatic carbocycles. The van der Waals surface area contributed by atoms with E-state index < -0.39 is 5.91 Å². The molecule has 6 nitrogen and oxygen atoms in total. The number of hydrogen-bond acceptors (Lipinski definition) is 4. The number of halogens is 1. The van der Waals surface area contributed by atoms with Gasteiger partial charge in [0.1, 0.15) is 5.82 Å². The Kier molecular flexibility index (Phi) is 4.25. The van der Waals surface area contributed by atoms with Gasteiger partial charge in [0.15, 0.2) is 5.76 Å². The first-order valence-electron chi connectivity index (χ1n) is 8.21. The van der Waals surface area contributed by atoms with Gasteiger partial charge >= 0.3 is 0 Å². The molecule has 0 bridgehead atoms. The van der Waals surface area contributed by atoms with E-state index in [-0.39, 0.29) is 17.1 Å². The molecular formula is C20H14FN3O3. The predicted octanol–water partition coefficient (Wildman–Crippen LogP) is 3.50. The zero-order chi connectivity index (χ0) is 18.8. The van der Waals surface area contributed by atoms with Gasteiger partial charge in [-0.1, -0.05) is 18.2 Å². The number of aromatic nitrogens is 2. The van der Waals surface area contributed by atoms with Crippen LogP contribution in [-0.4, -0.2) is 16.1 Å². The van der Waals surface area contributed by atoms with Crippen molar-refractivity contribution in [2.75, 3.05) is 5.32 Å². The second kappa shape index (κ2) is 6.87. The maximum Gasteiger partial charge on any atom is 0.291 e. The molecule has 4 aromatic rings. The van der Waals surface area contributed by atoms with Crippen molar-refractivity contribution in [3.05, 3.63) is 94.0 Å². The van der Waals surface area contributed by atoms with Crippen LogP contribution in [0.1, 0.15) is 21.8 Å². The maximum absolute atomic E-state index is 13.4. The Morgan fingerprint density at radius 3 is 2.78 bits per heavy atom. The van der Waals surface area contributed by atoms with Gasteiger partial charge in [0.05, 0.1) is 17.3 Å². The minimum atomic E-state index is -0.412. The second-order valence-corrected chi connectivity index (χ2v) is 6.00. The van der Waals surface area contributed by atoms with Gasteiger partial charge in [-0.2, -0.15) is 5.10 Å². The van der Waals surface area contributed by atoms with Crippen LogP contribution in [0.5, 0.6) is 0 Å². The van der Waals surface area contributed by atoms with Crippen molar-refractivity contribution in [2.24, 2.45) is 0 Å². The van der Waals surface area contributed by atoms with E-state index in [4.69, 9.17) is 4.42 Å². The quantitative estimate of drug-likeness (QED) is 0.581. The highest BCUT2D eigenvalue weighted by Crippen LogP contribution is 2.21. The molecule has 2 aromatic carbocycles. The van der Waals surface area contributed by atoms with Crippen LogP contribution in [0.2, 0.25) is 0 Å². The van der Waals surface area contributed by atoms with Gasteiger partial charge in [-0.05, 0) is 42.0 Å². The number of amides is 1. The van der Waals surface area contributed by atoms with Crippen molar-refractivity contribution in [3.63, 3.8) is 0 Å². The zero-order valence-electron chi connectivity index (χ0n) is 14.0. The van der Waals surface area contributed by atoms with Gasteiger partial charge < -0.3 is 9.73 Å². The lowest BCUT2D eigenvalue weighted by Crippen LogP contribution is -2.14. The Bertz CT molecular complexity index is 1180. The number of hydrogen-bond donors (Lipinski definition) is 2. The molecule has 0 radical (unpaired) electrons. The average molecular weight is 363 g/mol. The Balaban J connectivity index is 1.68. The molecule has 0 aliphatic heterocycles. The molecule has 1 amide bonds. The molecule has 0 aliphatic rings. The molecule has 0 unspecified atom stereocenters. The Morgan fingerprint density at radius 1 is 1.11 bits per heavy atom. The van der Waals surface area contributed by atoms with Crippen molar-refractivity contribution in [1.29, 1.82) is 0 Å². The zero-order valence-corrected chi connectivity index (χ0v) is 14.0. The van der Waals surface area contributed by atoms with E-state index in [2.05, 4.69) is 15.5 Å². The van der Waals surface area contributed by atoms with Crippen molar-refractivity contribution in [1.82, 2.24) is 10.2 Å². The Hall–Kier alpha value is -3.74. The van der Waals surface area contributed by atoms with Crippen LogP contribution in [0.15, 0.2) is 70.1 Å². The van der Waals surface area contributed by atoms with Crippen molar-refractivity contribution in [3.8, 4) is 0 Å². The van der Waals surface area contributed by atoms with E-state index in [1.165, 1.54) is 18.4 Å². The highest BCUT2D eigenvalue weighted by Gasteiger charge is 2.12. The van der Waals surface area contributed by atoms with E-state index in [0.29, 0.717) is 28.6 Å². The maximum atomic E-state index is 13.4. The molecule has 0 fully saturated rings. The molecule has 0 atom stereocenters. The molecule has 2 aromatic heterocycles. The summed E-state index contributed by atoms with van der Waals surface area (Å²) in [5.41, 5.74) is 1.43. The first-order valence-corrected chi connectivity index (χ1v) is 8.21. The smallest absolute Gasteiger partial charge is 0.291 e. The van der Waals surface area contributed by atoms with Gasteiger partial charge in [-0.25, -0.2) is 9.49 Å². The van der Waals surface area contributed by atoms with Crippen molar-refractivity contribution < 1.29 is 13.6 Å². The van der Waals surface area contributed by atoms with Crippen molar-refractivity contribution >= 4 is 22.4 Å². The first-order chi connectivity index (χ1) is 13.1. The molecule has 0 saturated heterocycles. The molecule has 7 heteroatoms. The lowest BCUT2D eigenvalue weighted by Gasteiger charge is -2.08. The number of aromatic amines is 1. The lowest BCUT2D eigenvalue weighted by molar-refractivity contribution is 0.0996. The van der Waals surface area contributed by atoms with Crippen LogP contribution in [0.3, 0.4) is 0 Å². The number of nitrogens with one attached hydrogen (secondary N) is 2. The molecule has 2 heterocycles. The minimum absolute atomic E-state index is 0.172. The fourth-order valence-electron chi connectivity index (χ4n) is 2.88. The summed E-state index contributed by atoms with van der Waals surface area (Å²) >= 11 is 0. The fourth-order valence-corrected chi connectivity index (χ4v) is 2.88. The van der Waals surface area contributed by atoms with Crippen LogP contribution in [0.4, 0.5) is 10.1 Å². The van der Waals surface area contributed by atoms with Gasteiger partial charge in [0, 0.05) is 17.5 Å². The van der Waals surface area contributed by atoms with Gasteiger partial charge in [0.25, 0.3) is 11.5 Å². The molecule has 0 spiro atoms. The number of nitrogens with zero attached hydrogens (tertiary/aromatic N) is 1. The minimum Gasteiger partial charge on any atom is -0.459 e. The van der Waals surface area contributed by atoms with Crippen LogP contribution >= 0.6 is 0 Å². The number of furan rings is 1. The van der Waals surface area contributed by atoms with E-state index >= 15 is 0 Å². The summed E-state index contributed by atoms with van der Waals surface area (Å²) in [7, 11) is 0. The topological polar surface area (TPSA) is 88.0 Å². The number of anilines is 1. The molecule has 0 saturated carbocycles. The highest BCUT2D eigenvalue weighted by molar-refractivity contribution is 6.03. The number of carbonyl (C=O) groups excluding carboxylic acids is 1. The molecule has 4 rings (SSSR count). The van der Waals surface area contributed by atoms with Gasteiger partial charge in [-0.3, -0.25) is 9.59 Å². The largest absolute Gasteiger partial charge is 0.459 e. The fraction of sp³-hybridized carbons (Fsp3) is 0.0500. The standard InChI is InChI=1S/C20H14FN3O3/c21-13-4-1-3-12(9-13)10-17-15-7-6-14(11-16(15)19(25)24-23-17)22-20(26)18-5-2-8-27-18/h1-9,11H,10H2,(H,22,26)(H,24,25). The Labute approximate surface area is 152 Å². The van der Waals surface area contributed by atoms with E-state index in [1.807, 2.05) is 0 Å². The number of H-pyrrole nitrogens is 1. The summed E-state index contributed by atoms with van der Waals surface area (Å²) in [5, 5.41) is 10.3. The molecule has 134 valence electrons. The second-order valence-electron chi connectivity index (χ2n) is 6.00. The number of carbonyl (C=O) groups is 1. The van der Waals surface area contributed by atoms with E-state index in [0.717, 1.165) is 5.56 Å². The number of fused-ring (bicyclic) bond motifs is 1. The van der Waals surface area contributed by atoms with Gasteiger partial charge in [-0.15, -0.1) is 0 Å². The monoisotopic (exact) mass is 363 g/mol. The predicted molar refractivity (Wildman–Crippen MR) is 98.2 cm³/mol. The van der Waals surface area contributed by atoms with Crippen LogP contribution < -0.4 is 10.9 Å². The third kappa shape index (κ3) is 3.48. The molecule has 2 N–H and O–H groups in total. The highest BCUT2D eigenvalue weighted by atomic mass is 19.1. The first kappa shape index (κ1) is 16.7. The lowest BCUT2D eigenvalue weighted by atomic mass is 10.0. The normalized spacial score (nSPS) is 10.9. The van der Waals surface area contributed by atoms with E-state index in [9.17, 15) is 14.0 Å². The number of benzene rings is 2. The number of rotatable bonds is 4. The van der Waals surface area contributed by atoms with E-state index in [1.54, 1.807) is 42.5 Å². The van der Waals surface area contributed by atoms with Gasteiger partial charge in [0.2, 0.25) is 0 Å². The SMILES string of the molecule is O=C(Nc1ccc2c(Cc3cccc(F)c3)n[nH]c(=O)c2c1)c1ccco1. The van der Waals surface area contributed by atoms with Crippen LogP contribution in [0.25, 0.3) is 10.8 Å². The van der Waals surface area contributed by atoms with Crippen LogP contribution in [-0.2, 0) is 6.42 Å². The summed E-state index contributed by atoms with van der Waals surface area (Å²) in [5.74, 6) is -0.570. The average Bonchev–Trinajstić information content (AvgIpc) is 3.19.